The molecule has 5 nitrogen and oxygen atoms in total. The van der Waals surface area contributed by atoms with E-state index < -0.39 is 6.10 Å². The molecule has 3 atom stereocenters. The van der Waals surface area contributed by atoms with Gasteiger partial charge < -0.3 is 14.4 Å². The van der Waals surface area contributed by atoms with Crippen LogP contribution in [0.15, 0.2) is 4.52 Å². The van der Waals surface area contributed by atoms with Crippen molar-refractivity contribution < 1.29 is 14.4 Å². The quantitative estimate of drug-likeness (QED) is 0.774. The van der Waals surface area contributed by atoms with Crippen LogP contribution in [-0.2, 0) is 4.74 Å². The van der Waals surface area contributed by atoms with Crippen LogP contribution in [0.25, 0.3) is 0 Å². The van der Waals surface area contributed by atoms with E-state index in [2.05, 4.69) is 17.1 Å². The molecule has 0 saturated heterocycles. The second-order valence-electron chi connectivity index (χ2n) is 4.48. The molecule has 5 heteroatoms. The third-order valence-corrected chi connectivity index (χ3v) is 3.00. The second-order valence-corrected chi connectivity index (χ2v) is 4.48. The predicted molar refractivity (Wildman–Crippen MR) is 68.3 cm³/mol. The van der Waals surface area contributed by atoms with Gasteiger partial charge in [-0.3, -0.25) is 0 Å². The van der Waals surface area contributed by atoms with Gasteiger partial charge in [-0.1, -0.05) is 25.4 Å². The van der Waals surface area contributed by atoms with Crippen molar-refractivity contribution in [2.45, 2.75) is 65.1 Å². The summed E-state index contributed by atoms with van der Waals surface area (Å²) < 4.78 is 10.9. The van der Waals surface area contributed by atoms with Gasteiger partial charge in [0.05, 0.1) is 12.0 Å². The standard InChI is InChI=1S/C13H24N2O3/c1-5-8-11(17-7-3)12-14-13(18-15-12)10(6-2)9(4)16/h9-11,16H,5-8H2,1-4H3. The molecule has 0 aliphatic heterocycles. The molecule has 0 aromatic carbocycles. The molecule has 3 unspecified atom stereocenters. The Bertz CT molecular complexity index is 333. The maximum atomic E-state index is 9.66. The Balaban J connectivity index is 2.82. The van der Waals surface area contributed by atoms with Gasteiger partial charge in [0.2, 0.25) is 11.7 Å². The molecular weight excluding hydrogens is 232 g/mol. The van der Waals surface area contributed by atoms with Crippen LogP contribution in [0.3, 0.4) is 0 Å². The maximum absolute atomic E-state index is 9.66. The second kappa shape index (κ2) is 7.48. The Hall–Kier alpha value is -0.940. The van der Waals surface area contributed by atoms with Crippen LogP contribution < -0.4 is 0 Å². The number of aliphatic hydroxyl groups is 1. The molecule has 0 aliphatic carbocycles. The summed E-state index contributed by atoms with van der Waals surface area (Å²) in [6.45, 7) is 8.41. The average molecular weight is 256 g/mol. The van der Waals surface area contributed by atoms with E-state index in [9.17, 15) is 5.11 Å². The number of hydrogen-bond acceptors (Lipinski definition) is 5. The van der Waals surface area contributed by atoms with Crippen molar-refractivity contribution >= 4 is 0 Å². The molecule has 1 rings (SSSR count). The molecule has 1 aromatic rings. The van der Waals surface area contributed by atoms with Crippen molar-refractivity contribution in [1.29, 1.82) is 0 Å². The number of hydrogen-bond donors (Lipinski definition) is 1. The van der Waals surface area contributed by atoms with E-state index in [1.807, 2.05) is 13.8 Å². The van der Waals surface area contributed by atoms with Gasteiger partial charge in [-0.05, 0) is 26.7 Å². The fraction of sp³-hybridized carbons (Fsp3) is 0.846. The van der Waals surface area contributed by atoms with Gasteiger partial charge in [0.15, 0.2) is 0 Å². The molecule has 0 fully saturated rings. The fourth-order valence-electron chi connectivity index (χ4n) is 2.00. The van der Waals surface area contributed by atoms with Crippen LogP contribution in [0.1, 0.15) is 70.7 Å². The van der Waals surface area contributed by atoms with Crippen molar-refractivity contribution in [3.05, 3.63) is 11.7 Å². The summed E-state index contributed by atoms with van der Waals surface area (Å²) in [7, 11) is 0. The monoisotopic (exact) mass is 256 g/mol. The highest BCUT2D eigenvalue weighted by molar-refractivity contribution is 4.98. The van der Waals surface area contributed by atoms with E-state index >= 15 is 0 Å². The minimum absolute atomic E-state index is 0.102. The highest BCUT2D eigenvalue weighted by atomic mass is 16.5. The van der Waals surface area contributed by atoms with E-state index in [-0.39, 0.29) is 12.0 Å². The molecule has 0 spiro atoms. The summed E-state index contributed by atoms with van der Waals surface area (Å²) in [5.41, 5.74) is 0. The molecule has 18 heavy (non-hydrogen) atoms. The lowest BCUT2D eigenvalue weighted by Gasteiger charge is -2.13. The van der Waals surface area contributed by atoms with Crippen LogP contribution in [0.4, 0.5) is 0 Å². The molecule has 0 saturated carbocycles. The summed E-state index contributed by atoms with van der Waals surface area (Å²) in [5.74, 6) is 0.992. The van der Waals surface area contributed by atoms with Crippen molar-refractivity contribution in [2.75, 3.05) is 6.61 Å². The number of ether oxygens (including phenoxy) is 1. The Morgan fingerprint density at radius 1 is 1.33 bits per heavy atom. The van der Waals surface area contributed by atoms with Gasteiger partial charge in [-0.25, -0.2) is 0 Å². The molecule has 0 radical (unpaired) electrons. The Morgan fingerprint density at radius 2 is 2.06 bits per heavy atom. The first-order valence-electron chi connectivity index (χ1n) is 6.77. The van der Waals surface area contributed by atoms with Crippen LogP contribution in [0.2, 0.25) is 0 Å². The number of rotatable bonds is 8. The SMILES string of the molecule is CCCC(OCC)c1noc(C(CC)C(C)O)n1. The zero-order chi connectivity index (χ0) is 13.5. The molecule has 1 heterocycles. The number of aliphatic hydroxyl groups excluding tert-OH is 1. The van der Waals surface area contributed by atoms with Crippen LogP contribution in [-0.4, -0.2) is 28.0 Å². The minimum Gasteiger partial charge on any atom is -0.393 e. The first-order valence-corrected chi connectivity index (χ1v) is 6.77. The summed E-state index contributed by atoms with van der Waals surface area (Å²) in [4.78, 5) is 4.38. The van der Waals surface area contributed by atoms with Gasteiger partial charge >= 0.3 is 0 Å². The highest BCUT2D eigenvalue weighted by Gasteiger charge is 2.24. The molecule has 104 valence electrons. The van der Waals surface area contributed by atoms with Crippen molar-refractivity contribution in [3.63, 3.8) is 0 Å². The topological polar surface area (TPSA) is 68.4 Å². The Kier molecular flexibility index (Phi) is 6.29. The lowest BCUT2D eigenvalue weighted by molar-refractivity contribution is 0.0477. The summed E-state index contributed by atoms with van der Waals surface area (Å²) in [6, 6.07) is 0. The van der Waals surface area contributed by atoms with E-state index in [0.29, 0.717) is 18.3 Å². The van der Waals surface area contributed by atoms with E-state index in [1.54, 1.807) is 6.92 Å². The largest absolute Gasteiger partial charge is 0.393 e. The van der Waals surface area contributed by atoms with Crippen LogP contribution >= 0.6 is 0 Å². The molecule has 0 aliphatic rings. The van der Waals surface area contributed by atoms with Crippen molar-refractivity contribution in [2.24, 2.45) is 0 Å². The predicted octanol–water partition coefficient (Wildman–Crippen LogP) is 2.82. The van der Waals surface area contributed by atoms with Gasteiger partial charge in [0.25, 0.3) is 0 Å². The van der Waals surface area contributed by atoms with Gasteiger partial charge in [0.1, 0.15) is 6.10 Å². The highest BCUT2D eigenvalue weighted by Crippen LogP contribution is 2.25. The minimum atomic E-state index is -0.486. The van der Waals surface area contributed by atoms with E-state index in [0.717, 1.165) is 19.3 Å². The smallest absolute Gasteiger partial charge is 0.232 e. The molecule has 0 amide bonds. The number of aromatic nitrogens is 2. The summed E-state index contributed by atoms with van der Waals surface area (Å²) >= 11 is 0. The lowest BCUT2D eigenvalue weighted by atomic mass is 10.0. The van der Waals surface area contributed by atoms with Gasteiger partial charge in [-0.15, -0.1) is 0 Å². The zero-order valence-corrected chi connectivity index (χ0v) is 11.7. The first-order chi connectivity index (χ1) is 8.63. The van der Waals surface area contributed by atoms with E-state index in [4.69, 9.17) is 9.26 Å². The normalized spacial score (nSPS) is 16.5. The summed E-state index contributed by atoms with van der Waals surface area (Å²) in [5, 5.41) is 13.6. The van der Waals surface area contributed by atoms with Gasteiger partial charge in [0, 0.05) is 6.61 Å². The molecular formula is C13H24N2O3. The Labute approximate surface area is 109 Å². The summed E-state index contributed by atoms with van der Waals surface area (Å²) in [6.07, 6.45) is 2.05. The molecule has 0 bridgehead atoms. The first kappa shape index (κ1) is 15.1. The number of nitrogens with zero attached hydrogens (tertiary/aromatic N) is 2. The Morgan fingerprint density at radius 3 is 2.56 bits per heavy atom. The van der Waals surface area contributed by atoms with Crippen molar-refractivity contribution in [1.82, 2.24) is 10.1 Å². The van der Waals surface area contributed by atoms with Gasteiger partial charge in [-0.2, -0.15) is 4.98 Å². The zero-order valence-electron chi connectivity index (χ0n) is 11.7. The average Bonchev–Trinajstić information content (AvgIpc) is 2.78. The molecule has 1 aromatic heterocycles. The lowest BCUT2D eigenvalue weighted by Crippen LogP contribution is -2.14. The van der Waals surface area contributed by atoms with Crippen molar-refractivity contribution in [3.8, 4) is 0 Å². The van der Waals surface area contributed by atoms with E-state index in [1.165, 1.54) is 0 Å². The maximum Gasteiger partial charge on any atom is 0.232 e. The van der Waals surface area contributed by atoms with Crippen LogP contribution in [0.5, 0.6) is 0 Å². The third-order valence-electron chi connectivity index (χ3n) is 3.00. The van der Waals surface area contributed by atoms with Crippen LogP contribution in [0, 0.1) is 0 Å². The third kappa shape index (κ3) is 3.78. The fourth-order valence-corrected chi connectivity index (χ4v) is 2.00. The molecule has 1 N–H and O–H groups in total.